The number of carbonyl (C=O) groups is 3. The molecular formula is C78H135NO8. The number of rotatable bonds is 66. The van der Waals surface area contributed by atoms with Crippen LogP contribution in [0.3, 0.4) is 0 Å². The molecule has 0 spiro atoms. The summed E-state index contributed by atoms with van der Waals surface area (Å²) in [5.74, 6) is -2.28. The second kappa shape index (κ2) is 67.9. The second-order valence-corrected chi connectivity index (χ2v) is 25.1. The van der Waals surface area contributed by atoms with E-state index in [-0.39, 0.29) is 38.6 Å². The third-order valence-corrected chi connectivity index (χ3v) is 15.5. The van der Waals surface area contributed by atoms with Crippen LogP contribution in [-0.4, -0.2) is 82.3 Å². The number of unbranched alkanes of at least 4 members (excludes halogenated alkanes) is 33. The Kier molecular flexibility index (Phi) is 64.7. The van der Waals surface area contributed by atoms with E-state index >= 15 is 0 Å². The highest BCUT2D eigenvalue weighted by atomic mass is 16.7. The van der Waals surface area contributed by atoms with Gasteiger partial charge in [0.05, 0.1) is 40.3 Å². The van der Waals surface area contributed by atoms with Crippen molar-refractivity contribution in [1.29, 1.82) is 0 Å². The third kappa shape index (κ3) is 69.3. The average molecular weight is 1210 g/mol. The molecule has 0 aliphatic carbocycles. The van der Waals surface area contributed by atoms with Gasteiger partial charge in [0, 0.05) is 12.8 Å². The number of ether oxygens (including phenoxy) is 4. The zero-order valence-electron chi connectivity index (χ0n) is 57.1. The van der Waals surface area contributed by atoms with Gasteiger partial charge < -0.3 is 33.3 Å². The molecule has 0 amide bonds. The lowest BCUT2D eigenvalue weighted by Gasteiger charge is -2.26. The fourth-order valence-corrected chi connectivity index (χ4v) is 10.0. The summed E-state index contributed by atoms with van der Waals surface area (Å²) < 4.78 is 22.8. The Balaban J connectivity index is 4.09. The summed E-state index contributed by atoms with van der Waals surface area (Å²) in [6.07, 6.45) is 91.7. The van der Waals surface area contributed by atoms with Crippen LogP contribution in [0.4, 0.5) is 0 Å². The largest absolute Gasteiger partial charge is 0.545 e. The zero-order chi connectivity index (χ0) is 63.3. The highest BCUT2D eigenvalue weighted by Crippen LogP contribution is 2.17. The molecule has 0 heterocycles. The molecule has 2 atom stereocenters. The number of aliphatic carboxylic acids is 1. The van der Waals surface area contributed by atoms with Gasteiger partial charge in [-0.05, 0) is 103 Å². The Bertz CT molecular complexity index is 1800. The quantitative estimate of drug-likeness (QED) is 0.0195. The SMILES string of the molecule is CC/C=C\C/C=C\C/C=C\C/C=C\C/C=C\C/C=C\C/C=C\C/C=C\CCCCCCCCCCCCCCCCC(=O)OC(COC(=O)CCCCCCCCCCCCC/C=C\CCCCCCCCCC)COC(OCC[N+](C)(C)C)C(=O)[O-]. The van der Waals surface area contributed by atoms with Crippen LogP contribution in [0.25, 0.3) is 0 Å². The van der Waals surface area contributed by atoms with Gasteiger partial charge in [-0.3, -0.25) is 9.59 Å². The van der Waals surface area contributed by atoms with Crippen molar-refractivity contribution in [2.45, 2.75) is 322 Å². The first-order valence-corrected chi connectivity index (χ1v) is 36.0. The van der Waals surface area contributed by atoms with Gasteiger partial charge in [0.1, 0.15) is 13.2 Å². The van der Waals surface area contributed by atoms with E-state index in [9.17, 15) is 19.5 Å². The summed E-state index contributed by atoms with van der Waals surface area (Å²) in [5.41, 5.74) is 0. The summed E-state index contributed by atoms with van der Waals surface area (Å²) in [4.78, 5) is 37.5. The van der Waals surface area contributed by atoms with Crippen LogP contribution < -0.4 is 5.11 Å². The van der Waals surface area contributed by atoms with E-state index in [2.05, 4.69) is 123 Å². The first-order valence-electron chi connectivity index (χ1n) is 36.0. The molecule has 9 nitrogen and oxygen atoms in total. The molecule has 0 bridgehead atoms. The monoisotopic (exact) mass is 1210 g/mol. The topological polar surface area (TPSA) is 111 Å². The Hall–Kier alpha value is -4.05. The van der Waals surface area contributed by atoms with Crippen LogP contribution >= 0.6 is 0 Å². The number of esters is 2. The van der Waals surface area contributed by atoms with Crippen molar-refractivity contribution in [1.82, 2.24) is 0 Å². The Morgan fingerprint density at radius 2 is 0.655 bits per heavy atom. The van der Waals surface area contributed by atoms with E-state index in [1.54, 1.807) is 0 Å². The van der Waals surface area contributed by atoms with Crippen molar-refractivity contribution in [3.8, 4) is 0 Å². The van der Waals surface area contributed by atoms with Crippen LogP contribution in [-0.2, 0) is 33.3 Å². The zero-order valence-corrected chi connectivity index (χ0v) is 57.1. The summed E-state index contributed by atoms with van der Waals surface area (Å²) in [7, 11) is 5.93. The lowest BCUT2D eigenvalue weighted by atomic mass is 10.0. The lowest BCUT2D eigenvalue weighted by molar-refractivity contribution is -0.870. The Morgan fingerprint density at radius 1 is 0.356 bits per heavy atom. The van der Waals surface area contributed by atoms with Gasteiger partial charge in [-0.2, -0.15) is 0 Å². The van der Waals surface area contributed by atoms with Crippen molar-refractivity contribution in [3.05, 3.63) is 109 Å². The first kappa shape index (κ1) is 83.0. The van der Waals surface area contributed by atoms with E-state index in [0.717, 1.165) is 89.9 Å². The standard InChI is InChI=1S/C78H135NO8/c1-6-8-10-12-14-16-18-20-22-24-26-28-30-31-32-33-34-35-36-37-38-39-40-41-42-43-44-45-47-49-51-53-55-57-59-61-63-65-67-69-76(81)87-74(73-86-78(77(82)83)84-71-70-79(3,4)5)72-85-75(80)68-66-64-62-60-58-56-54-52-50-48-46-29-27-25-23-21-19-17-15-13-11-9-7-2/h8,10,14,16,20,22,25-28,31-32,34-35,37-38,40-41,74,78H,6-7,9,11-13,15,17-19,21,23-24,29-30,33,36,39,42-73H2,1-5H3/b10-8-,16-14-,22-20-,27-25-,28-26-,32-31-,35-34-,38-37-,41-40-. The molecule has 0 aliphatic heterocycles. The summed E-state index contributed by atoms with van der Waals surface area (Å²) in [5, 5.41) is 11.8. The van der Waals surface area contributed by atoms with Crippen molar-refractivity contribution < 1.29 is 42.9 Å². The number of hydrogen-bond donors (Lipinski definition) is 0. The van der Waals surface area contributed by atoms with Crippen molar-refractivity contribution >= 4 is 17.9 Å². The number of nitrogens with zero attached hydrogens (tertiary/aromatic N) is 1. The average Bonchev–Trinajstić information content (AvgIpc) is 3.55. The first-order chi connectivity index (χ1) is 42.6. The molecule has 0 aromatic heterocycles. The molecule has 0 saturated heterocycles. The van der Waals surface area contributed by atoms with E-state index in [0.29, 0.717) is 17.4 Å². The smallest absolute Gasteiger partial charge is 0.306 e. The molecular weight excluding hydrogens is 1080 g/mol. The van der Waals surface area contributed by atoms with Crippen LogP contribution in [0.1, 0.15) is 309 Å². The van der Waals surface area contributed by atoms with Crippen molar-refractivity contribution in [2.24, 2.45) is 0 Å². The molecule has 500 valence electrons. The minimum Gasteiger partial charge on any atom is -0.545 e. The predicted octanol–water partition coefficient (Wildman–Crippen LogP) is 21.2. The maximum Gasteiger partial charge on any atom is 0.306 e. The molecule has 0 aromatic carbocycles. The number of carboxylic acid groups (broad SMARTS) is 1. The van der Waals surface area contributed by atoms with Crippen LogP contribution in [0.5, 0.6) is 0 Å². The fraction of sp³-hybridized carbons (Fsp3) is 0.731. The van der Waals surface area contributed by atoms with Gasteiger partial charge in [-0.1, -0.05) is 303 Å². The Morgan fingerprint density at radius 3 is 0.989 bits per heavy atom. The third-order valence-electron chi connectivity index (χ3n) is 15.5. The molecule has 9 heteroatoms. The molecule has 0 N–H and O–H groups in total. The van der Waals surface area contributed by atoms with Crippen LogP contribution in [0, 0.1) is 0 Å². The highest BCUT2D eigenvalue weighted by Gasteiger charge is 2.22. The number of allylic oxidation sites excluding steroid dienone is 18. The predicted molar refractivity (Wildman–Crippen MR) is 370 cm³/mol. The van der Waals surface area contributed by atoms with Gasteiger partial charge in [-0.25, -0.2) is 0 Å². The second-order valence-electron chi connectivity index (χ2n) is 25.1. The Labute approximate surface area is 536 Å². The number of carboxylic acids is 1. The number of quaternary nitrogens is 1. The van der Waals surface area contributed by atoms with Crippen LogP contribution in [0.15, 0.2) is 109 Å². The molecule has 0 fully saturated rings. The maximum absolute atomic E-state index is 12.9. The van der Waals surface area contributed by atoms with Crippen LogP contribution in [0.2, 0.25) is 0 Å². The molecule has 0 rings (SSSR count). The fourth-order valence-electron chi connectivity index (χ4n) is 10.0. The van der Waals surface area contributed by atoms with E-state index in [1.165, 1.54) is 186 Å². The van der Waals surface area contributed by atoms with E-state index < -0.39 is 24.3 Å². The molecule has 2 unspecified atom stereocenters. The van der Waals surface area contributed by atoms with Gasteiger partial charge in [-0.15, -0.1) is 0 Å². The summed E-state index contributed by atoms with van der Waals surface area (Å²) in [6.45, 7) is 4.66. The number of likely N-dealkylation sites (N-methyl/N-ethyl adjacent to an activating group) is 1. The van der Waals surface area contributed by atoms with Crippen molar-refractivity contribution in [2.75, 3.05) is 47.5 Å². The summed E-state index contributed by atoms with van der Waals surface area (Å²) in [6, 6.07) is 0. The molecule has 0 aliphatic rings. The van der Waals surface area contributed by atoms with E-state index in [1.807, 2.05) is 21.1 Å². The normalized spacial score (nSPS) is 13.3. The maximum atomic E-state index is 12.9. The van der Waals surface area contributed by atoms with E-state index in [4.69, 9.17) is 18.9 Å². The molecule has 0 radical (unpaired) electrons. The van der Waals surface area contributed by atoms with Crippen molar-refractivity contribution in [3.63, 3.8) is 0 Å². The number of hydrogen-bond acceptors (Lipinski definition) is 8. The van der Waals surface area contributed by atoms with Gasteiger partial charge >= 0.3 is 11.9 Å². The minimum atomic E-state index is -1.63. The van der Waals surface area contributed by atoms with Gasteiger partial charge in [0.15, 0.2) is 12.4 Å². The molecule has 0 saturated carbocycles. The van der Waals surface area contributed by atoms with Gasteiger partial charge in [0.25, 0.3) is 0 Å². The lowest BCUT2D eigenvalue weighted by Crippen LogP contribution is -2.44. The van der Waals surface area contributed by atoms with Gasteiger partial charge in [0.2, 0.25) is 0 Å². The molecule has 0 aromatic rings. The minimum absolute atomic E-state index is 0.145. The number of carbonyl (C=O) groups excluding carboxylic acids is 3. The highest BCUT2D eigenvalue weighted by molar-refractivity contribution is 5.70. The summed E-state index contributed by atoms with van der Waals surface area (Å²) >= 11 is 0. The molecule has 87 heavy (non-hydrogen) atoms.